The molecule has 1 heterocycles. The Morgan fingerprint density at radius 1 is 1.67 bits per heavy atom. The topological polar surface area (TPSA) is 57.8 Å². The number of aromatic amines is 1. The van der Waals surface area contributed by atoms with E-state index in [-0.39, 0.29) is 11.9 Å². The average molecular weight is 230 g/mol. The zero-order chi connectivity index (χ0) is 11.3. The Kier molecular flexibility index (Phi) is 4.62. The van der Waals surface area contributed by atoms with Crippen molar-refractivity contribution in [2.45, 2.75) is 26.3 Å². The summed E-state index contributed by atoms with van der Waals surface area (Å²) in [6, 6.07) is 0.116. The fourth-order valence-electron chi connectivity index (χ4n) is 1.32. The molecule has 1 aromatic heterocycles. The van der Waals surface area contributed by atoms with Gasteiger partial charge < -0.3 is 5.32 Å². The van der Waals surface area contributed by atoms with E-state index in [1.807, 2.05) is 0 Å². The highest BCUT2D eigenvalue weighted by Gasteiger charge is 2.16. The molecule has 0 saturated heterocycles. The minimum Gasteiger partial charge on any atom is -0.349 e. The molecular weight excluding hydrogens is 214 g/mol. The fraction of sp³-hybridized carbons (Fsp3) is 0.600. The van der Waals surface area contributed by atoms with Crippen molar-refractivity contribution in [3.63, 3.8) is 0 Å². The Bertz CT molecular complexity index is 298. The number of H-pyrrole nitrogens is 1. The van der Waals surface area contributed by atoms with Crippen molar-refractivity contribution in [3.05, 3.63) is 18.0 Å². The van der Waals surface area contributed by atoms with Crippen LogP contribution in [0.3, 0.4) is 0 Å². The van der Waals surface area contributed by atoms with Gasteiger partial charge in [-0.15, -0.1) is 11.6 Å². The third kappa shape index (κ3) is 3.55. The van der Waals surface area contributed by atoms with Gasteiger partial charge in [0, 0.05) is 18.1 Å². The van der Waals surface area contributed by atoms with E-state index >= 15 is 0 Å². The molecule has 0 spiro atoms. The van der Waals surface area contributed by atoms with Crippen molar-refractivity contribution < 1.29 is 4.79 Å². The summed E-state index contributed by atoms with van der Waals surface area (Å²) in [5, 5.41) is 9.27. The molecule has 1 atom stereocenters. The minimum absolute atomic E-state index is 0.104. The summed E-state index contributed by atoms with van der Waals surface area (Å²) in [7, 11) is 0. The molecule has 1 aromatic rings. The van der Waals surface area contributed by atoms with Crippen molar-refractivity contribution >= 4 is 17.5 Å². The van der Waals surface area contributed by atoms with Crippen molar-refractivity contribution in [2.24, 2.45) is 5.92 Å². The van der Waals surface area contributed by atoms with Gasteiger partial charge in [-0.2, -0.15) is 5.10 Å². The number of nitrogens with zero attached hydrogens (tertiary/aromatic N) is 1. The van der Waals surface area contributed by atoms with E-state index < -0.39 is 0 Å². The van der Waals surface area contributed by atoms with Crippen LogP contribution < -0.4 is 5.32 Å². The molecule has 0 aliphatic heterocycles. The quantitative estimate of drug-likeness (QED) is 0.757. The monoisotopic (exact) mass is 229 g/mol. The van der Waals surface area contributed by atoms with Gasteiger partial charge in [-0.1, -0.05) is 13.8 Å². The normalized spacial score (nSPS) is 12.8. The van der Waals surface area contributed by atoms with Crippen LogP contribution in [0.25, 0.3) is 0 Å². The molecule has 0 radical (unpaired) electrons. The number of amides is 1. The van der Waals surface area contributed by atoms with Crippen LogP contribution >= 0.6 is 11.6 Å². The lowest BCUT2D eigenvalue weighted by Gasteiger charge is -2.20. The van der Waals surface area contributed by atoms with Gasteiger partial charge in [0.05, 0.1) is 11.8 Å². The molecule has 0 aliphatic rings. The molecule has 2 N–H and O–H groups in total. The van der Waals surface area contributed by atoms with Crippen LogP contribution in [0.1, 0.15) is 30.6 Å². The van der Waals surface area contributed by atoms with E-state index in [0.717, 1.165) is 6.42 Å². The molecule has 0 bridgehead atoms. The predicted octanol–water partition coefficient (Wildman–Crippen LogP) is 1.79. The number of carbonyl (C=O) groups excluding carboxylic acids is 1. The first-order valence-corrected chi connectivity index (χ1v) is 5.54. The van der Waals surface area contributed by atoms with Crippen LogP contribution in [0, 0.1) is 5.92 Å². The molecule has 1 rings (SSSR count). The summed E-state index contributed by atoms with van der Waals surface area (Å²) in [6.45, 7) is 4.12. The van der Waals surface area contributed by atoms with Gasteiger partial charge in [0.2, 0.25) is 0 Å². The Hall–Kier alpha value is -1.03. The number of aromatic nitrogens is 2. The number of hydrogen-bond donors (Lipinski definition) is 2. The van der Waals surface area contributed by atoms with Crippen LogP contribution in [0.2, 0.25) is 0 Å². The summed E-state index contributed by atoms with van der Waals surface area (Å²) < 4.78 is 0. The summed E-state index contributed by atoms with van der Waals surface area (Å²) in [5.74, 6) is 0.821. The number of halogens is 1. The highest BCUT2D eigenvalue weighted by molar-refractivity contribution is 6.17. The van der Waals surface area contributed by atoms with E-state index in [1.165, 1.54) is 6.20 Å². The zero-order valence-corrected chi connectivity index (χ0v) is 9.71. The summed E-state index contributed by atoms with van der Waals surface area (Å²) >= 11 is 5.68. The Labute approximate surface area is 94.4 Å². The molecule has 0 aromatic carbocycles. The second-order valence-corrected chi connectivity index (χ2v) is 4.17. The Morgan fingerprint density at radius 2 is 2.40 bits per heavy atom. The zero-order valence-electron chi connectivity index (χ0n) is 8.96. The van der Waals surface area contributed by atoms with E-state index in [4.69, 9.17) is 11.6 Å². The molecule has 1 unspecified atom stereocenters. The third-order valence-corrected chi connectivity index (χ3v) is 2.52. The number of alkyl halides is 1. The van der Waals surface area contributed by atoms with Gasteiger partial charge >= 0.3 is 0 Å². The molecule has 0 fully saturated rings. The second kappa shape index (κ2) is 5.75. The molecule has 0 saturated carbocycles. The lowest BCUT2D eigenvalue weighted by Crippen LogP contribution is -2.38. The van der Waals surface area contributed by atoms with Crippen LogP contribution in [0.15, 0.2) is 12.4 Å². The molecule has 15 heavy (non-hydrogen) atoms. The second-order valence-electron chi connectivity index (χ2n) is 3.79. The van der Waals surface area contributed by atoms with Crippen LogP contribution in [-0.2, 0) is 0 Å². The van der Waals surface area contributed by atoms with E-state index in [2.05, 4.69) is 29.4 Å². The van der Waals surface area contributed by atoms with E-state index in [9.17, 15) is 4.79 Å². The number of hydrogen-bond acceptors (Lipinski definition) is 2. The fourth-order valence-corrected chi connectivity index (χ4v) is 1.55. The maximum Gasteiger partial charge on any atom is 0.254 e. The lowest BCUT2D eigenvalue weighted by atomic mass is 10.0. The lowest BCUT2D eigenvalue weighted by molar-refractivity contribution is 0.0925. The van der Waals surface area contributed by atoms with Crippen LogP contribution in [-0.4, -0.2) is 28.0 Å². The third-order valence-electron chi connectivity index (χ3n) is 2.30. The predicted molar refractivity (Wildman–Crippen MR) is 60.0 cm³/mol. The molecule has 84 valence electrons. The Morgan fingerprint density at radius 3 is 2.87 bits per heavy atom. The summed E-state index contributed by atoms with van der Waals surface area (Å²) in [5.41, 5.74) is 0.551. The smallest absolute Gasteiger partial charge is 0.254 e. The summed E-state index contributed by atoms with van der Waals surface area (Å²) in [6.07, 6.45) is 3.86. The van der Waals surface area contributed by atoms with Gasteiger partial charge in [0.25, 0.3) is 5.91 Å². The van der Waals surface area contributed by atoms with Gasteiger partial charge in [0.15, 0.2) is 0 Å². The number of carbonyl (C=O) groups is 1. The maximum absolute atomic E-state index is 11.7. The van der Waals surface area contributed by atoms with Gasteiger partial charge in [-0.05, 0) is 12.3 Å². The van der Waals surface area contributed by atoms with Gasteiger partial charge in [-0.3, -0.25) is 9.89 Å². The minimum atomic E-state index is -0.104. The van der Waals surface area contributed by atoms with E-state index in [0.29, 0.717) is 17.4 Å². The molecule has 1 amide bonds. The average Bonchev–Trinajstić information content (AvgIpc) is 2.69. The van der Waals surface area contributed by atoms with Crippen molar-refractivity contribution in [1.29, 1.82) is 0 Å². The largest absolute Gasteiger partial charge is 0.349 e. The number of rotatable bonds is 5. The first-order valence-electron chi connectivity index (χ1n) is 5.00. The first kappa shape index (κ1) is 12.0. The SMILES string of the molecule is CC(C)C(CCCl)NC(=O)c1cn[nH]c1. The molecule has 0 aliphatic carbocycles. The maximum atomic E-state index is 11.7. The van der Waals surface area contributed by atoms with Crippen LogP contribution in [0.5, 0.6) is 0 Å². The highest BCUT2D eigenvalue weighted by Crippen LogP contribution is 2.08. The Balaban J connectivity index is 2.55. The number of nitrogens with one attached hydrogen (secondary N) is 2. The first-order chi connectivity index (χ1) is 7.15. The highest BCUT2D eigenvalue weighted by atomic mass is 35.5. The van der Waals surface area contributed by atoms with Gasteiger partial charge in [-0.25, -0.2) is 0 Å². The molecular formula is C10H16ClN3O. The molecule has 5 heteroatoms. The molecule has 4 nitrogen and oxygen atoms in total. The van der Waals surface area contributed by atoms with Crippen molar-refractivity contribution in [2.75, 3.05) is 5.88 Å². The van der Waals surface area contributed by atoms with Gasteiger partial charge in [0.1, 0.15) is 0 Å². The summed E-state index contributed by atoms with van der Waals surface area (Å²) in [4.78, 5) is 11.7. The van der Waals surface area contributed by atoms with Crippen molar-refractivity contribution in [1.82, 2.24) is 15.5 Å². The van der Waals surface area contributed by atoms with E-state index in [1.54, 1.807) is 6.20 Å². The van der Waals surface area contributed by atoms with Crippen LogP contribution in [0.4, 0.5) is 0 Å². The standard InChI is InChI=1S/C10H16ClN3O/c1-7(2)9(3-4-11)14-10(15)8-5-12-13-6-8/h5-7,9H,3-4H2,1-2H3,(H,12,13)(H,14,15). The van der Waals surface area contributed by atoms with Crippen molar-refractivity contribution in [3.8, 4) is 0 Å².